The molecule has 1 atom stereocenters. The first kappa shape index (κ1) is 11.2. The Labute approximate surface area is 85.9 Å². The summed E-state index contributed by atoms with van der Waals surface area (Å²) < 4.78 is 0. The lowest BCUT2D eigenvalue weighted by Crippen LogP contribution is -2.41. The van der Waals surface area contributed by atoms with Crippen molar-refractivity contribution >= 4 is 11.9 Å². The molecule has 0 saturated heterocycles. The SMILES string of the molecule is CCCC(NC(=O)c1ncn[nH]1)C(=O)O. The third-order valence-corrected chi connectivity index (χ3v) is 1.81. The minimum absolute atomic E-state index is 0.0114. The number of hydrogen-bond acceptors (Lipinski definition) is 4. The van der Waals surface area contributed by atoms with E-state index >= 15 is 0 Å². The van der Waals surface area contributed by atoms with Crippen LogP contribution in [0.25, 0.3) is 0 Å². The van der Waals surface area contributed by atoms with Crippen LogP contribution in [0.15, 0.2) is 6.33 Å². The number of H-pyrrole nitrogens is 1. The van der Waals surface area contributed by atoms with E-state index in [0.29, 0.717) is 12.8 Å². The fraction of sp³-hybridized carbons (Fsp3) is 0.500. The number of nitrogens with one attached hydrogen (secondary N) is 2. The molecule has 1 unspecified atom stereocenters. The van der Waals surface area contributed by atoms with Gasteiger partial charge < -0.3 is 10.4 Å². The van der Waals surface area contributed by atoms with Gasteiger partial charge >= 0.3 is 5.97 Å². The molecule has 0 spiro atoms. The van der Waals surface area contributed by atoms with Crippen LogP contribution >= 0.6 is 0 Å². The zero-order valence-corrected chi connectivity index (χ0v) is 8.23. The van der Waals surface area contributed by atoms with Crippen molar-refractivity contribution < 1.29 is 14.7 Å². The number of aromatic nitrogens is 3. The number of amides is 1. The summed E-state index contributed by atoms with van der Waals surface area (Å²) in [5.41, 5.74) is 0. The number of hydrogen-bond donors (Lipinski definition) is 3. The Morgan fingerprint density at radius 2 is 2.40 bits per heavy atom. The number of carboxylic acid groups (broad SMARTS) is 1. The van der Waals surface area contributed by atoms with E-state index in [1.54, 1.807) is 0 Å². The van der Waals surface area contributed by atoms with E-state index in [4.69, 9.17) is 5.11 Å². The Morgan fingerprint density at radius 3 is 2.87 bits per heavy atom. The second-order valence-electron chi connectivity index (χ2n) is 2.99. The molecule has 3 N–H and O–H groups in total. The molecule has 0 radical (unpaired) electrons. The van der Waals surface area contributed by atoms with Crippen LogP contribution in [0, 0.1) is 0 Å². The van der Waals surface area contributed by atoms with Crippen molar-refractivity contribution in [2.75, 3.05) is 0 Å². The smallest absolute Gasteiger partial charge is 0.326 e. The van der Waals surface area contributed by atoms with Gasteiger partial charge in [0.05, 0.1) is 0 Å². The number of carbonyl (C=O) groups is 2. The number of nitrogens with zero attached hydrogens (tertiary/aromatic N) is 2. The first-order valence-electron chi connectivity index (χ1n) is 4.54. The zero-order chi connectivity index (χ0) is 11.3. The topological polar surface area (TPSA) is 108 Å². The summed E-state index contributed by atoms with van der Waals surface area (Å²) in [6.07, 6.45) is 2.24. The molecule has 0 aliphatic rings. The summed E-state index contributed by atoms with van der Waals surface area (Å²) in [4.78, 5) is 25.7. The Balaban J connectivity index is 2.59. The third kappa shape index (κ3) is 3.04. The number of aromatic amines is 1. The first-order chi connectivity index (χ1) is 7.15. The van der Waals surface area contributed by atoms with E-state index in [0.717, 1.165) is 0 Å². The fourth-order valence-corrected chi connectivity index (χ4v) is 1.09. The van der Waals surface area contributed by atoms with Crippen molar-refractivity contribution in [1.82, 2.24) is 20.5 Å². The Morgan fingerprint density at radius 1 is 1.67 bits per heavy atom. The molecule has 0 saturated carbocycles. The highest BCUT2D eigenvalue weighted by Gasteiger charge is 2.20. The van der Waals surface area contributed by atoms with Crippen LogP contribution in [-0.2, 0) is 4.79 Å². The van der Waals surface area contributed by atoms with Crippen molar-refractivity contribution in [2.24, 2.45) is 0 Å². The zero-order valence-electron chi connectivity index (χ0n) is 8.23. The number of rotatable bonds is 5. The summed E-state index contributed by atoms with van der Waals surface area (Å²) in [6.45, 7) is 1.84. The number of aliphatic carboxylic acids is 1. The Kier molecular flexibility index (Phi) is 3.78. The average Bonchev–Trinajstić information content (AvgIpc) is 2.69. The maximum atomic E-state index is 11.4. The highest BCUT2D eigenvalue weighted by atomic mass is 16.4. The van der Waals surface area contributed by atoms with Gasteiger partial charge in [-0.05, 0) is 6.42 Å². The standard InChI is InChI=1S/C8H12N4O3/c1-2-3-5(8(14)15)11-7(13)6-9-4-10-12-6/h4-5H,2-3H2,1H3,(H,11,13)(H,14,15)(H,9,10,12). The van der Waals surface area contributed by atoms with Gasteiger partial charge in [-0.1, -0.05) is 13.3 Å². The lowest BCUT2D eigenvalue weighted by Gasteiger charge is -2.11. The number of carboxylic acids is 1. The molecule has 1 aromatic rings. The molecule has 0 aromatic carbocycles. The van der Waals surface area contributed by atoms with Gasteiger partial charge in [-0.15, -0.1) is 0 Å². The molecule has 0 bridgehead atoms. The van der Waals surface area contributed by atoms with Gasteiger partial charge in [0.25, 0.3) is 5.91 Å². The van der Waals surface area contributed by atoms with Gasteiger partial charge in [-0.2, -0.15) is 5.10 Å². The lowest BCUT2D eigenvalue weighted by atomic mass is 10.1. The molecule has 1 rings (SSSR count). The van der Waals surface area contributed by atoms with E-state index in [9.17, 15) is 9.59 Å². The third-order valence-electron chi connectivity index (χ3n) is 1.81. The molecule has 82 valence electrons. The van der Waals surface area contributed by atoms with Crippen LogP contribution in [0.4, 0.5) is 0 Å². The lowest BCUT2D eigenvalue weighted by molar-refractivity contribution is -0.139. The summed E-state index contributed by atoms with van der Waals surface area (Å²) in [5, 5.41) is 17.0. The van der Waals surface area contributed by atoms with Gasteiger partial charge in [0, 0.05) is 0 Å². The van der Waals surface area contributed by atoms with Crippen LogP contribution in [-0.4, -0.2) is 38.2 Å². The van der Waals surface area contributed by atoms with Crippen LogP contribution in [0.3, 0.4) is 0 Å². The minimum atomic E-state index is -1.05. The van der Waals surface area contributed by atoms with Crippen molar-refractivity contribution in [2.45, 2.75) is 25.8 Å². The molecule has 7 nitrogen and oxygen atoms in total. The molecule has 1 amide bonds. The molecule has 0 fully saturated rings. The van der Waals surface area contributed by atoms with Gasteiger partial charge in [0.2, 0.25) is 5.82 Å². The molecule has 1 heterocycles. The van der Waals surface area contributed by atoms with Crippen LogP contribution in [0.5, 0.6) is 0 Å². The van der Waals surface area contributed by atoms with Crippen LogP contribution in [0.2, 0.25) is 0 Å². The van der Waals surface area contributed by atoms with E-state index < -0.39 is 17.9 Å². The molecule has 1 aromatic heterocycles. The summed E-state index contributed by atoms with van der Waals surface area (Å²) in [5.74, 6) is -1.60. The molecular formula is C8H12N4O3. The average molecular weight is 212 g/mol. The molecule has 0 aliphatic heterocycles. The minimum Gasteiger partial charge on any atom is -0.480 e. The number of carbonyl (C=O) groups excluding carboxylic acids is 1. The predicted octanol–water partition coefficient (Wildman–Crippen LogP) is -0.212. The summed E-state index contributed by atoms with van der Waals surface area (Å²) in [7, 11) is 0. The predicted molar refractivity (Wildman–Crippen MR) is 50.2 cm³/mol. The quantitative estimate of drug-likeness (QED) is 0.625. The van der Waals surface area contributed by atoms with Crippen molar-refractivity contribution in [3.05, 3.63) is 12.2 Å². The molecule has 7 heteroatoms. The van der Waals surface area contributed by atoms with Crippen molar-refractivity contribution in [3.8, 4) is 0 Å². The Bertz CT molecular complexity index is 336. The highest BCUT2D eigenvalue weighted by molar-refractivity contribution is 5.93. The maximum absolute atomic E-state index is 11.4. The normalized spacial score (nSPS) is 12.1. The fourth-order valence-electron chi connectivity index (χ4n) is 1.09. The first-order valence-corrected chi connectivity index (χ1v) is 4.54. The van der Waals surface area contributed by atoms with Gasteiger partial charge in [-0.25, -0.2) is 9.78 Å². The largest absolute Gasteiger partial charge is 0.480 e. The van der Waals surface area contributed by atoms with E-state index in [1.807, 2.05) is 6.92 Å². The van der Waals surface area contributed by atoms with E-state index in [2.05, 4.69) is 20.5 Å². The highest BCUT2D eigenvalue weighted by Crippen LogP contribution is 1.98. The van der Waals surface area contributed by atoms with Crippen LogP contribution < -0.4 is 5.32 Å². The Hall–Kier alpha value is -1.92. The van der Waals surface area contributed by atoms with Gasteiger partial charge in [0.15, 0.2) is 0 Å². The van der Waals surface area contributed by atoms with Crippen LogP contribution in [0.1, 0.15) is 30.4 Å². The van der Waals surface area contributed by atoms with E-state index in [1.165, 1.54) is 6.33 Å². The van der Waals surface area contributed by atoms with Gasteiger partial charge in [0.1, 0.15) is 12.4 Å². The van der Waals surface area contributed by atoms with E-state index in [-0.39, 0.29) is 5.82 Å². The molecular weight excluding hydrogens is 200 g/mol. The summed E-state index contributed by atoms with van der Waals surface area (Å²) in [6, 6.07) is -0.882. The molecule has 0 aliphatic carbocycles. The summed E-state index contributed by atoms with van der Waals surface area (Å²) >= 11 is 0. The maximum Gasteiger partial charge on any atom is 0.326 e. The second-order valence-corrected chi connectivity index (χ2v) is 2.99. The van der Waals surface area contributed by atoms with Gasteiger partial charge in [-0.3, -0.25) is 9.89 Å². The second kappa shape index (κ2) is 5.08. The monoisotopic (exact) mass is 212 g/mol. The molecule has 15 heavy (non-hydrogen) atoms. The van der Waals surface area contributed by atoms with Crippen molar-refractivity contribution in [3.63, 3.8) is 0 Å². The van der Waals surface area contributed by atoms with Crippen molar-refractivity contribution in [1.29, 1.82) is 0 Å².